The van der Waals surface area contributed by atoms with Crippen molar-refractivity contribution in [3.8, 4) is 0 Å². The van der Waals surface area contributed by atoms with Gasteiger partial charge in [-0.1, -0.05) is 30.3 Å². The highest BCUT2D eigenvalue weighted by Crippen LogP contribution is 2.38. The highest BCUT2D eigenvalue weighted by molar-refractivity contribution is 5.83. The van der Waals surface area contributed by atoms with Gasteiger partial charge < -0.3 is 15.1 Å². The third-order valence-electron chi connectivity index (χ3n) is 3.72. The topological polar surface area (TPSA) is 77.8 Å². The molecule has 1 aromatic rings. The zero-order chi connectivity index (χ0) is 16.5. The molecule has 0 spiro atoms. The maximum atomic E-state index is 12.9. The molecule has 0 bridgehead atoms. The third-order valence-corrected chi connectivity index (χ3v) is 3.72. The predicted molar refractivity (Wildman–Crippen MR) is 68.7 cm³/mol. The summed E-state index contributed by atoms with van der Waals surface area (Å²) in [7, 11) is 0. The Balaban J connectivity index is 2.16. The number of likely N-dealkylation sites (tertiary alicyclic amines) is 1. The predicted octanol–water partition coefficient (Wildman–Crippen LogP) is 1.44. The minimum Gasteiger partial charge on any atom is -0.481 e. The first kappa shape index (κ1) is 16.3. The van der Waals surface area contributed by atoms with Gasteiger partial charge in [-0.2, -0.15) is 13.2 Å². The Hall–Kier alpha value is -2.09. The van der Waals surface area contributed by atoms with Crippen LogP contribution in [0.5, 0.6) is 0 Å². The largest absolute Gasteiger partial charge is 0.481 e. The fraction of sp³-hybridized carbons (Fsp3) is 0.429. The maximum Gasteiger partial charge on any atom is 0.394 e. The number of rotatable bonds is 3. The summed E-state index contributed by atoms with van der Waals surface area (Å²) in [6.07, 6.45) is -6.32. The highest BCUT2D eigenvalue weighted by atomic mass is 19.4. The SMILES string of the molecule is O=C(O)[C@@H]1CN(C(=O)[C@@H](O)c2ccccc2)C[C@H]1C(F)(F)F. The third kappa shape index (κ3) is 3.22. The van der Waals surface area contributed by atoms with Gasteiger partial charge >= 0.3 is 12.1 Å². The van der Waals surface area contributed by atoms with Gasteiger partial charge in [0.15, 0.2) is 6.10 Å². The van der Waals surface area contributed by atoms with Gasteiger partial charge in [-0.15, -0.1) is 0 Å². The Labute approximate surface area is 124 Å². The number of aliphatic hydroxyl groups excluding tert-OH is 1. The van der Waals surface area contributed by atoms with Crippen LogP contribution in [0.25, 0.3) is 0 Å². The molecule has 1 saturated heterocycles. The van der Waals surface area contributed by atoms with Crippen molar-refractivity contribution in [3.63, 3.8) is 0 Å². The molecule has 1 fully saturated rings. The first-order valence-corrected chi connectivity index (χ1v) is 6.53. The van der Waals surface area contributed by atoms with E-state index in [1.54, 1.807) is 18.2 Å². The summed E-state index contributed by atoms with van der Waals surface area (Å²) in [4.78, 5) is 23.8. The molecule has 0 saturated carbocycles. The lowest BCUT2D eigenvalue weighted by molar-refractivity contribution is -0.188. The van der Waals surface area contributed by atoms with Crippen LogP contribution in [0.2, 0.25) is 0 Å². The van der Waals surface area contributed by atoms with Crippen LogP contribution >= 0.6 is 0 Å². The summed E-state index contributed by atoms with van der Waals surface area (Å²) in [6.45, 7) is -1.33. The van der Waals surface area contributed by atoms with Crippen molar-refractivity contribution < 1.29 is 33.0 Å². The normalized spacial score (nSPS) is 23.4. The van der Waals surface area contributed by atoms with Crippen LogP contribution < -0.4 is 0 Å². The van der Waals surface area contributed by atoms with Gasteiger partial charge in [-0.25, -0.2) is 0 Å². The number of carbonyl (C=O) groups is 2. The monoisotopic (exact) mass is 317 g/mol. The lowest BCUT2D eigenvalue weighted by Crippen LogP contribution is -2.35. The van der Waals surface area contributed by atoms with E-state index in [-0.39, 0.29) is 5.56 Å². The molecule has 1 heterocycles. The van der Waals surface area contributed by atoms with Crippen LogP contribution in [0.15, 0.2) is 30.3 Å². The fourth-order valence-electron chi connectivity index (χ4n) is 2.52. The van der Waals surface area contributed by atoms with E-state index in [1.807, 2.05) is 0 Å². The number of alkyl halides is 3. The van der Waals surface area contributed by atoms with E-state index in [0.29, 0.717) is 0 Å². The summed E-state index contributed by atoms with van der Waals surface area (Å²) < 4.78 is 38.6. The van der Waals surface area contributed by atoms with Crippen molar-refractivity contribution in [3.05, 3.63) is 35.9 Å². The minimum absolute atomic E-state index is 0.245. The summed E-state index contributed by atoms with van der Waals surface area (Å²) in [5.74, 6) is -6.38. The van der Waals surface area contributed by atoms with Crippen LogP contribution in [0, 0.1) is 11.8 Å². The molecule has 2 rings (SSSR count). The van der Waals surface area contributed by atoms with Crippen LogP contribution in [-0.2, 0) is 9.59 Å². The molecule has 0 unspecified atom stereocenters. The van der Waals surface area contributed by atoms with E-state index in [9.17, 15) is 27.9 Å². The Bertz CT molecular complexity index is 561. The lowest BCUT2D eigenvalue weighted by Gasteiger charge is -2.21. The summed E-state index contributed by atoms with van der Waals surface area (Å²) in [5, 5.41) is 18.8. The molecule has 0 radical (unpaired) electrons. The number of aliphatic hydroxyl groups is 1. The van der Waals surface area contributed by atoms with Crippen molar-refractivity contribution >= 4 is 11.9 Å². The molecule has 1 aromatic carbocycles. The van der Waals surface area contributed by atoms with Crippen LogP contribution in [0.3, 0.4) is 0 Å². The number of hydrogen-bond acceptors (Lipinski definition) is 3. The number of carbonyl (C=O) groups excluding carboxylic acids is 1. The number of carboxylic acid groups (broad SMARTS) is 1. The second-order valence-electron chi connectivity index (χ2n) is 5.15. The molecular weight excluding hydrogens is 303 g/mol. The molecule has 3 atom stereocenters. The molecule has 22 heavy (non-hydrogen) atoms. The first-order chi connectivity index (χ1) is 10.2. The average molecular weight is 317 g/mol. The van der Waals surface area contributed by atoms with Gasteiger partial charge in [-0.3, -0.25) is 9.59 Å². The molecule has 0 aromatic heterocycles. The van der Waals surface area contributed by atoms with Crippen molar-refractivity contribution in [2.45, 2.75) is 12.3 Å². The number of benzene rings is 1. The highest BCUT2D eigenvalue weighted by Gasteiger charge is 2.53. The molecule has 8 heteroatoms. The number of nitrogens with zero attached hydrogens (tertiary/aromatic N) is 1. The lowest BCUT2D eigenvalue weighted by atomic mass is 9.96. The summed E-state index contributed by atoms with van der Waals surface area (Å²) in [5.41, 5.74) is 0.245. The smallest absolute Gasteiger partial charge is 0.394 e. The van der Waals surface area contributed by atoms with E-state index in [2.05, 4.69) is 0 Å². The van der Waals surface area contributed by atoms with Crippen molar-refractivity contribution in [2.75, 3.05) is 13.1 Å². The van der Waals surface area contributed by atoms with Crippen molar-refractivity contribution in [1.82, 2.24) is 4.90 Å². The molecule has 2 N–H and O–H groups in total. The number of hydrogen-bond donors (Lipinski definition) is 2. The van der Waals surface area contributed by atoms with E-state index in [4.69, 9.17) is 5.11 Å². The van der Waals surface area contributed by atoms with Crippen molar-refractivity contribution in [2.24, 2.45) is 11.8 Å². The van der Waals surface area contributed by atoms with E-state index in [1.165, 1.54) is 12.1 Å². The standard InChI is InChI=1S/C14H14F3NO4/c15-14(16,17)10-7-18(6-9(10)13(21)22)12(20)11(19)8-4-2-1-3-5-8/h1-5,9-11,19H,6-7H2,(H,21,22)/t9-,10-,11+/m1/s1. The second-order valence-corrected chi connectivity index (χ2v) is 5.15. The van der Waals surface area contributed by atoms with Crippen LogP contribution in [0.1, 0.15) is 11.7 Å². The zero-order valence-corrected chi connectivity index (χ0v) is 11.3. The molecule has 1 amide bonds. The van der Waals surface area contributed by atoms with Gasteiger partial charge in [0.2, 0.25) is 0 Å². The molecular formula is C14H14F3NO4. The molecule has 1 aliphatic heterocycles. The average Bonchev–Trinajstić information content (AvgIpc) is 2.92. The maximum absolute atomic E-state index is 12.9. The second kappa shape index (κ2) is 5.96. The van der Waals surface area contributed by atoms with E-state index in [0.717, 1.165) is 4.90 Å². The van der Waals surface area contributed by atoms with Gasteiger partial charge in [0.25, 0.3) is 5.91 Å². The Morgan fingerprint density at radius 3 is 2.23 bits per heavy atom. The molecule has 5 nitrogen and oxygen atoms in total. The number of amides is 1. The van der Waals surface area contributed by atoms with Crippen molar-refractivity contribution in [1.29, 1.82) is 0 Å². The zero-order valence-electron chi connectivity index (χ0n) is 11.3. The Kier molecular flexibility index (Phi) is 4.41. The fourth-order valence-corrected chi connectivity index (χ4v) is 2.52. The Morgan fingerprint density at radius 1 is 1.18 bits per heavy atom. The summed E-state index contributed by atoms with van der Waals surface area (Å²) >= 11 is 0. The van der Waals surface area contributed by atoms with Gasteiger partial charge in [0.1, 0.15) is 0 Å². The Morgan fingerprint density at radius 2 is 1.77 bits per heavy atom. The molecule has 1 aliphatic rings. The summed E-state index contributed by atoms with van der Waals surface area (Å²) in [6, 6.07) is 7.75. The quantitative estimate of drug-likeness (QED) is 0.884. The number of halogens is 3. The molecule has 0 aliphatic carbocycles. The number of aliphatic carboxylic acids is 1. The van der Waals surface area contributed by atoms with Gasteiger partial charge in [0.05, 0.1) is 11.8 Å². The van der Waals surface area contributed by atoms with Gasteiger partial charge in [-0.05, 0) is 5.56 Å². The van der Waals surface area contributed by atoms with Gasteiger partial charge in [0, 0.05) is 13.1 Å². The van der Waals surface area contributed by atoms with E-state index >= 15 is 0 Å². The molecule has 120 valence electrons. The number of carboxylic acids is 1. The first-order valence-electron chi connectivity index (χ1n) is 6.53. The van der Waals surface area contributed by atoms with E-state index < -0.39 is 49.1 Å². The van der Waals surface area contributed by atoms with Crippen LogP contribution in [0.4, 0.5) is 13.2 Å². The minimum atomic E-state index is -4.71. The van der Waals surface area contributed by atoms with Crippen LogP contribution in [-0.4, -0.2) is 46.3 Å².